The molecule has 0 aromatic heterocycles. The highest BCUT2D eigenvalue weighted by Gasteiger charge is 2.35. The van der Waals surface area contributed by atoms with Gasteiger partial charge >= 0.3 is 0 Å². The van der Waals surface area contributed by atoms with Crippen LogP contribution in [0.5, 0.6) is 0 Å². The van der Waals surface area contributed by atoms with Crippen LogP contribution in [0.15, 0.2) is 46.7 Å². The molecule has 1 aliphatic heterocycles. The summed E-state index contributed by atoms with van der Waals surface area (Å²) in [6.45, 7) is 13.2. The zero-order chi connectivity index (χ0) is 20.2. The maximum absolute atomic E-state index is 13.7. The molecule has 0 aliphatic carbocycles. The van der Waals surface area contributed by atoms with Crippen LogP contribution in [0.2, 0.25) is 0 Å². The molecule has 1 N–H and O–H groups in total. The van der Waals surface area contributed by atoms with Gasteiger partial charge in [0.15, 0.2) is 0 Å². The first-order valence-corrected chi connectivity index (χ1v) is 8.76. The topological polar surface area (TPSA) is 49.4 Å². The van der Waals surface area contributed by atoms with Crippen molar-refractivity contribution in [3.05, 3.63) is 46.7 Å². The van der Waals surface area contributed by atoms with E-state index in [1.165, 1.54) is 19.1 Å². The second-order valence-electron chi connectivity index (χ2n) is 6.69. The predicted octanol–water partition coefficient (Wildman–Crippen LogP) is 4.67. The second kappa shape index (κ2) is 8.43. The molecule has 1 heterocycles. The lowest BCUT2D eigenvalue weighted by Crippen LogP contribution is -2.44. The van der Waals surface area contributed by atoms with E-state index in [2.05, 4.69) is 12.0 Å². The molecule has 0 bridgehead atoms. The molecule has 0 aromatic rings. The fourth-order valence-electron chi connectivity index (χ4n) is 2.70. The number of rotatable bonds is 8. The van der Waals surface area contributed by atoms with Crippen LogP contribution >= 0.6 is 0 Å². The third-order valence-corrected chi connectivity index (χ3v) is 4.54. The van der Waals surface area contributed by atoms with Gasteiger partial charge in [0, 0.05) is 29.3 Å². The molecular weight excluding hydrogens is 338 g/mol. The van der Waals surface area contributed by atoms with Crippen molar-refractivity contribution in [1.82, 2.24) is 10.4 Å². The summed E-state index contributed by atoms with van der Waals surface area (Å²) in [7, 11) is 0. The Morgan fingerprint density at radius 3 is 2.23 bits per heavy atom. The second-order valence-corrected chi connectivity index (χ2v) is 6.69. The lowest BCUT2D eigenvalue weighted by molar-refractivity contribution is -0.140. The number of hydrogen-bond acceptors (Lipinski definition) is 3. The number of hydrazine groups is 1. The molecule has 1 rings (SSSR count). The van der Waals surface area contributed by atoms with Crippen molar-refractivity contribution in [2.75, 3.05) is 0 Å². The molecule has 1 aliphatic rings. The van der Waals surface area contributed by atoms with Gasteiger partial charge in [0.05, 0.1) is 0 Å². The molecule has 0 aromatic carbocycles. The molecule has 0 fully saturated rings. The summed E-state index contributed by atoms with van der Waals surface area (Å²) < 4.78 is 27.5. The van der Waals surface area contributed by atoms with Crippen molar-refractivity contribution in [3.8, 4) is 0 Å². The SMILES string of the molecule is C=C(C)/C(=C\C=C(\NN1C(=O)C(C)=C(CC)C1=O)C(C)CC)C(C)(F)F. The largest absolute Gasteiger partial charge is 0.292 e. The van der Waals surface area contributed by atoms with Gasteiger partial charge in [-0.2, -0.15) is 5.01 Å². The number of hydrogen-bond donors (Lipinski definition) is 1. The zero-order valence-electron chi connectivity index (χ0n) is 16.4. The maximum Gasteiger partial charge on any atom is 0.276 e. The van der Waals surface area contributed by atoms with Crippen molar-refractivity contribution in [1.29, 1.82) is 0 Å². The molecule has 2 amide bonds. The Morgan fingerprint density at radius 1 is 1.27 bits per heavy atom. The Kier molecular flexibility index (Phi) is 7.07. The Bertz CT molecular complexity index is 697. The van der Waals surface area contributed by atoms with Gasteiger partial charge in [-0.3, -0.25) is 15.0 Å². The van der Waals surface area contributed by atoms with E-state index >= 15 is 0 Å². The van der Waals surface area contributed by atoms with E-state index in [0.29, 0.717) is 29.7 Å². The number of carbonyl (C=O) groups is 2. The van der Waals surface area contributed by atoms with E-state index in [1.54, 1.807) is 6.92 Å². The molecule has 0 radical (unpaired) electrons. The number of alkyl halides is 2. The highest BCUT2D eigenvalue weighted by molar-refractivity contribution is 6.18. The number of nitrogens with one attached hydrogen (secondary N) is 1. The lowest BCUT2D eigenvalue weighted by Gasteiger charge is -2.23. The van der Waals surface area contributed by atoms with E-state index in [1.807, 2.05) is 20.8 Å². The molecule has 144 valence electrons. The van der Waals surface area contributed by atoms with Crippen molar-refractivity contribution in [2.24, 2.45) is 5.92 Å². The van der Waals surface area contributed by atoms with Gasteiger partial charge in [-0.1, -0.05) is 33.4 Å². The van der Waals surface area contributed by atoms with Gasteiger partial charge in [0.2, 0.25) is 0 Å². The number of amides is 2. The van der Waals surface area contributed by atoms with Crippen LogP contribution in [0.25, 0.3) is 0 Å². The van der Waals surface area contributed by atoms with Crippen LogP contribution in [-0.2, 0) is 9.59 Å². The van der Waals surface area contributed by atoms with E-state index in [-0.39, 0.29) is 17.1 Å². The number of imide groups is 1. The smallest absolute Gasteiger partial charge is 0.276 e. The molecular formula is C20H28F2N2O2. The summed E-state index contributed by atoms with van der Waals surface area (Å²) in [5.41, 5.74) is 4.30. The molecule has 0 saturated heterocycles. The number of halogens is 2. The third kappa shape index (κ3) is 4.68. The summed E-state index contributed by atoms with van der Waals surface area (Å²) in [6, 6.07) is 0. The number of allylic oxidation sites excluding steroid dienone is 5. The Labute approximate surface area is 154 Å². The number of nitrogens with zero attached hydrogens (tertiary/aromatic N) is 1. The maximum atomic E-state index is 13.7. The van der Waals surface area contributed by atoms with Crippen molar-refractivity contribution >= 4 is 11.8 Å². The van der Waals surface area contributed by atoms with Crippen LogP contribution < -0.4 is 5.43 Å². The number of carbonyl (C=O) groups excluding carboxylic acids is 2. The van der Waals surface area contributed by atoms with E-state index < -0.39 is 17.7 Å². The van der Waals surface area contributed by atoms with E-state index in [0.717, 1.165) is 11.9 Å². The molecule has 0 spiro atoms. The molecule has 1 unspecified atom stereocenters. The normalized spacial score (nSPS) is 17.9. The van der Waals surface area contributed by atoms with Crippen LogP contribution in [0.4, 0.5) is 8.78 Å². The summed E-state index contributed by atoms with van der Waals surface area (Å²) in [5, 5.41) is 0.963. The van der Waals surface area contributed by atoms with Crippen LogP contribution in [0.3, 0.4) is 0 Å². The van der Waals surface area contributed by atoms with Gasteiger partial charge in [0.25, 0.3) is 17.7 Å². The van der Waals surface area contributed by atoms with Gasteiger partial charge in [-0.15, -0.1) is 0 Å². The Morgan fingerprint density at radius 2 is 1.85 bits per heavy atom. The fraction of sp³-hybridized carbons (Fsp3) is 0.500. The highest BCUT2D eigenvalue weighted by atomic mass is 19.3. The van der Waals surface area contributed by atoms with Crippen molar-refractivity contribution < 1.29 is 18.4 Å². The molecule has 1 atom stereocenters. The summed E-state index contributed by atoms with van der Waals surface area (Å²) in [6.07, 6.45) is 3.96. The van der Waals surface area contributed by atoms with Crippen LogP contribution in [0.1, 0.15) is 54.4 Å². The molecule has 4 nitrogen and oxygen atoms in total. The minimum atomic E-state index is -3.03. The zero-order valence-corrected chi connectivity index (χ0v) is 16.4. The van der Waals surface area contributed by atoms with Gasteiger partial charge < -0.3 is 0 Å². The third-order valence-electron chi connectivity index (χ3n) is 4.54. The Hall–Kier alpha value is -2.24. The predicted molar refractivity (Wildman–Crippen MR) is 99.0 cm³/mol. The van der Waals surface area contributed by atoms with Gasteiger partial charge in [-0.25, -0.2) is 8.78 Å². The first-order valence-electron chi connectivity index (χ1n) is 8.76. The minimum Gasteiger partial charge on any atom is -0.292 e. The quantitative estimate of drug-likeness (QED) is 0.501. The average molecular weight is 366 g/mol. The fourth-order valence-corrected chi connectivity index (χ4v) is 2.70. The summed E-state index contributed by atoms with van der Waals surface area (Å²) >= 11 is 0. The summed E-state index contributed by atoms with van der Waals surface area (Å²) in [4.78, 5) is 24.8. The van der Waals surface area contributed by atoms with Crippen molar-refractivity contribution in [2.45, 2.75) is 60.3 Å². The van der Waals surface area contributed by atoms with Gasteiger partial charge in [-0.05, 0) is 44.3 Å². The van der Waals surface area contributed by atoms with E-state index in [9.17, 15) is 18.4 Å². The molecule has 0 saturated carbocycles. The first-order chi connectivity index (χ1) is 11.9. The highest BCUT2D eigenvalue weighted by Crippen LogP contribution is 2.29. The summed E-state index contributed by atoms with van der Waals surface area (Å²) in [5.74, 6) is -3.90. The molecule has 6 heteroatoms. The van der Waals surface area contributed by atoms with Crippen molar-refractivity contribution in [3.63, 3.8) is 0 Å². The standard InChI is InChI=1S/C20H28F2N2O2/c1-8-13(5)17(11-10-16(12(3)4)20(7,21)22)23-24-18(25)14(6)15(9-2)19(24)26/h10-11,13,23H,3,8-9H2,1-2,4-7H3/b16-10+,17-11+. The average Bonchev–Trinajstić information content (AvgIpc) is 2.74. The Balaban J connectivity index is 3.23. The minimum absolute atomic E-state index is 0.0605. The monoisotopic (exact) mass is 366 g/mol. The van der Waals surface area contributed by atoms with Gasteiger partial charge in [0.1, 0.15) is 0 Å². The van der Waals surface area contributed by atoms with Crippen LogP contribution in [0, 0.1) is 5.92 Å². The van der Waals surface area contributed by atoms with Crippen LogP contribution in [-0.4, -0.2) is 22.7 Å². The van der Waals surface area contributed by atoms with E-state index in [4.69, 9.17) is 0 Å². The first kappa shape index (κ1) is 21.8. The molecule has 26 heavy (non-hydrogen) atoms. The lowest BCUT2D eigenvalue weighted by atomic mass is 10.0.